The summed E-state index contributed by atoms with van der Waals surface area (Å²) in [7, 11) is 1.69. The van der Waals surface area contributed by atoms with Crippen LogP contribution in [0, 0.1) is 5.82 Å². The average Bonchev–Trinajstić information content (AvgIpc) is 2.46. The first kappa shape index (κ1) is 9.78. The molecule has 84 valence electrons. The Morgan fingerprint density at radius 3 is 2.88 bits per heavy atom. The molecular formula is C12H12FNO2. The lowest BCUT2D eigenvalue weighted by Gasteiger charge is -2.30. The first-order valence-corrected chi connectivity index (χ1v) is 5.38. The van der Waals surface area contributed by atoms with E-state index in [4.69, 9.17) is 4.74 Å². The molecule has 1 amide bonds. The van der Waals surface area contributed by atoms with Crippen LogP contribution in [0.1, 0.15) is 23.7 Å². The van der Waals surface area contributed by atoms with Crippen molar-refractivity contribution in [3.8, 4) is 0 Å². The van der Waals surface area contributed by atoms with Gasteiger partial charge in [-0.15, -0.1) is 0 Å². The third kappa shape index (κ3) is 1.19. The summed E-state index contributed by atoms with van der Waals surface area (Å²) in [4.78, 5) is 13.1. The minimum Gasteiger partial charge on any atom is -0.373 e. The molecule has 0 aliphatic carbocycles. The van der Waals surface area contributed by atoms with Crippen LogP contribution in [-0.2, 0) is 16.0 Å². The van der Waals surface area contributed by atoms with E-state index in [0.717, 1.165) is 17.7 Å². The topological polar surface area (TPSA) is 29.5 Å². The van der Waals surface area contributed by atoms with Crippen LogP contribution in [0.5, 0.6) is 0 Å². The summed E-state index contributed by atoms with van der Waals surface area (Å²) in [5.74, 6) is -0.258. The molecule has 1 aromatic carbocycles. The number of amides is 1. The van der Waals surface area contributed by atoms with Crippen LogP contribution in [0.2, 0.25) is 0 Å². The zero-order valence-electron chi connectivity index (χ0n) is 9.00. The molecule has 0 radical (unpaired) electrons. The van der Waals surface area contributed by atoms with Crippen LogP contribution in [0.3, 0.4) is 0 Å². The quantitative estimate of drug-likeness (QED) is 0.723. The van der Waals surface area contributed by atoms with E-state index >= 15 is 0 Å². The molecule has 16 heavy (non-hydrogen) atoms. The number of benzene rings is 1. The van der Waals surface area contributed by atoms with Gasteiger partial charge in [0.15, 0.2) is 0 Å². The Morgan fingerprint density at radius 1 is 1.50 bits per heavy atom. The van der Waals surface area contributed by atoms with Crippen molar-refractivity contribution < 1.29 is 13.9 Å². The van der Waals surface area contributed by atoms with Crippen molar-refractivity contribution in [2.75, 3.05) is 18.6 Å². The van der Waals surface area contributed by atoms with E-state index in [0.29, 0.717) is 18.6 Å². The third-order valence-corrected chi connectivity index (χ3v) is 3.32. The minimum absolute atomic E-state index is 0.0150. The summed E-state index contributed by atoms with van der Waals surface area (Å²) in [6, 6.07) is 3.12. The lowest BCUT2D eigenvalue weighted by atomic mass is 9.97. The molecule has 1 saturated heterocycles. The fraction of sp³-hybridized carbons (Fsp3) is 0.417. The molecule has 0 saturated carbocycles. The van der Waals surface area contributed by atoms with Crippen molar-refractivity contribution in [3.63, 3.8) is 0 Å². The molecule has 1 aromatic rings. The van der Waals surface area contributed by atoms with E-state index in [2.05, 4.69) is 0 Å². The van der Waals surface area contributed by atoms with Gasteiger partial charge in [-0.3, -0.25) is 4.79 Å². The van der Waals surface area contributed by atoms with E-state index < -0.39 is 0 Å². The second-order valence-corrected chi connectivity index (χ2v) is 4.25. The lowest BCUT2D eigenvalue weighted by Crippen LogP contribution is -2.25. The highest BCUT2D eigenvalue weighted by Crippen LogP contribution is 2.41. The summed E-state index contributed by atoms with van der Waals surface area (Å²) in [5.41, 5.74) is 2.17. The second-order valence-electron chi connectivity index (χ2n) is 4.25. The van der Waals surface area contributed by atoms with Crippen molar-refractivity contribution in [3.05, 3.63) is 29.1 Å². The van der Waals surface area contributed by atoms with Gasteiger partial charge in [-0.1, -0.05) is 6.07 Å². The normalized spacial score (nSPS) is 23.2. The smallest absolute Gasteiger partial charge is 0.231 e. The molecule has 0 bridgehead atoms. The van der Waals surface area contributed by atoms with Gasteiger partial charge >= 0.3 is 0 Å². The number of nitrogens with zero attached hydrogens (tertiary/aromatic N) is 1. The van der Waals surface area contributed by atoms with Gasteiger partial charge in [0.1, 0.15) is 5.82 Å². The molecule has 2 aliphatic rings. The highest BCUT2D eigenvalue weighted by molar-refractivity contribution is 6.02. The molecule has 3 rings (SSSR count). The number of fused-ring (bicyclic) bond motifs is 1. The van der Waals surface area contributed by atoms with E-state index in [-0.39, 0.29) is 17.8 Å². The van der Waals surface area contributed by atoms with E-state index in [9.17, 15) is 9.18 Å². The Morgan fingerprint density at radius 2 is 2.25 bits per heavy atom. The molecule has 2 heterocycles. The summed E-state index contributed by atoms with van der Waals surface area (Å²) in [5, 5.41) is 0. The minimum atomic E-state index is -0.273. The van der Waals surface area contributed by atoms with Gasteiger partial charge in [0.05, 0.1) is 24.8 Å². The van der Waals surface area contributed by atoms with Gasteiger partial charge in [0.25, 0.3) is 0 Å². The van der Waals surface area contributed by atoms with E-state index in [1.54, 1.807) is 13.1 Å². The van der Waals surface area contributed by atoms with Gasteiger partial charge in [0.2, 0.25) is 5.91 Å². The van der Waals surface area contributed by atoms with Gasteiger partial charge in [-0.2, -0.15) is 0 Å². The summed E-state index contributed by atoms with van der Waals surface area (Å²) in [6.07, 6.45) is 1.02. The van der Waals surface area contributed by atoms with Gasteiger partial charge in [-0.05, 0) is 11.6 Å². The highest BCUT2D eigenvalue weighted by atomic mass is 19.1. The largest absolute Gasteiger partial charge is 0.373 e. The Labute approximate surface area is 92.8 Å². The van der Waals surface area contributed by atoms with Gasteiger partial charge in [-0.25, -0.2) is 4.39 Å². The fourth-order valence-corrected chi connectivity index (χ4v) is 2.34. The summed E-state index contributed by atoms with van der Waals surface area (Å²) in [6.45, 7) is 0.672. The standard InChI is InChI=1S/C12H12FNO2/c1-14-10(15)6-7-2-3-8(13)11(12(7)14)9-4-5-16-9/h2-3,9H,4-6H2,1H3. The lowest BCUT2D eigenvalue weighted by molar-refractivity contribution is -0.117. The fourth-order valence-electron chi connectivity index (χ4n) is 2.34. The van der Waals surface area contributed by atoms with E-state index in [1.807, 2.05) is 0 Å². The molecule has 1 fully saturated rings. The predicted molar refractivity (Wildman–Crippen MR) is 56.8 cm³/mol. The zero-order chi connectivity index (χ0) is 11.3. The monoisotopic (exact) mass is 221 g/mol. The van der Waals surface area contributed by atoms with Crippen LogP contribution in [0.25, 0.3) is 0 Å². The van der Waals surface area contributed by atoms with Crippen molar-refractivity contribution in [1.82, 2.24) is 0 Å². The number of ether oxygens (including phenoxy) is 1. The molecule has 2 aliphatic heterocycles. The van der Waals surface area contributed by atoms with Crippen molar-refractivity contribution >= 4 is 11.6 Å². The number of hydrogen-bond acceptors (Lipinski definition) is 2. The number of halogens is 1. The van der Waals surface area contributed by atoms with Crippen LogP contribution in [-0.4, -0.2) is 19.6 Å². The molecular weight excluding hydrogens is 209 g/mol. The summed E-state index contributed by atoms with van der Waals surface area (Å²) >= 11 is 0. The molecule has 4 heteroatoms. The van der Waals surface area contributed by atoms with Crippen molar-refractivity contribution in [1.29, 1.82) is 0 Å². The molecule has 0 spiro atoms. The van der Waals surface area contributed by atoms with Crippen LogP contribution in [0.15, 0.2) is 12.1 Å². The average molecular weight is 221 g/mol. The van der Waals surface area contributed by atoms with Crippen LogP contribution >= 0.6 is 0 Å². The molecule has 0 N–H and O–H groups in total. The zero-order valence-corrected chi connectivity index (χ0v) is 9.00. The number of carbonyl (C=O) groups excluding carboxylic acids is 1. The van der Waals surface area contributed by atoms with Crippen LogP contribution in [0.4, 0.5) is 10.1 Å². The van der Waals surface area contributed by atoms with Gasteiger partial charge in [0, 0.05) is 19.0 Å². The van der Waals surface area contributed by atoms with Crippen molar-refractivity contribution in [2.45, 2.75) is 18.9 Å². The molecule has 1 atom stereocenters. The Bertz CT molecular complexity index is 468. The Kier molecular flexibility index (Phi) is 2.01. The molecule has 1 unspecified atom stereocenters. The third-order valence-electron chi connectivity index (χ3n) is 3.32. The molecule has 3 nitrogen and oxygen atoms in total. The second kappa shape index (κ2) is 3.28. The number of anilines is 1. The maximum absolute atomic E-state index is 13.8. The predicted octanol–water partition coefficient (Wildman–Crippen LogP) is 1.81. The number of rotatable bonds is 1. The van der Waals surface area contributed by atoms with E-state index in [1.165, 1.54) is 11.0 Å². The summed E-state index contributed by atoms with van der Waals surface area (Å²) < 4.78 is 19.1. The van der Waals surface area contributed by atoms with Crippen molar-refractivity contribution in [2.24, 2.45) is 0 Å². The van der Waals surface area contributed by atoms with Gasteiger partial charge < -0.3 is 9.64 Å². The maximum atomic E-state index is 13.8. The highest BCUT2D eigenvalue weighted by Gasteiger charge is 2.34. The molecule has 0 aromatic heterocycles. The Balaban J connectivity index is 2.16. The maximum Gasteiger partial charge on any atom is 0.231 e. The Hall–Kier alpha value is -1.42. The number of carbonyl (C=O) groups is 1. The number of likely N-dealkylation sites (N-methyl/N-ethyl adjacent to an activating group) is 1. The van der Waals surface area contributed by atoms with Crippen LogP contribution < -0.4 is 4.90 Å². The first-order valence-electron chi connectivity index (χ1n) is 5.38. The first-order chi connectivity index (χ1) is 7.68. The number of hydrogen-bond donors (Lipinski definition) is 0. The SMILES string of the molecule is CN1C(=O)Cc2ccc(F)c(C3CCO3)c21.